The molecule has 0 bridgehead atoms. The van der Waals surface area contributed by atoms with Gasteiger partial charge in [-0.25, -0.2) is 4.98 Å². The molecular formula is C24H23N3O3. The second-order valence-electron chi connectivity index (χ2n) is 8.07. The maximum absolute atomic E-state index is 13.0. The summed E-state index contributed by atoms with van der Waals surface area (Å²) < 4.78 is 11.5. The standard InChI is InChI=1S/C24H23N3O3/c1-16-10-18(13-25-12-16)23(28)27-9-7-24(14-27)15-30-21-6-5-17(11-20(21)24)19-4-3-8-26-22(19)29-2/h3-6,8,10-13H,7,9,14-15H2,1-2H3. The lowest BCUT2D eigenvalue weighted by molar-refractivity contribution is 0.0780. The van der Waals surface area contributed by atoms with Crippen LogP contribution in [0.2, 0.25) is 0 Å². The third-order valence-corrected chi connectivity index (χ3v) is 6.09. The number of aromatic nitrogens is 2. The third kappa shape index (κ3) is 3.00. The van der Waals surface area contributed by atoms with Gasteiger partial charge in [-0.15, -0.1) is 0 Å². The predicted octanol–water partition coefficient (Wildman–Crippen LogP) is 3.64. The van der Waals surface area contributed by atoms with E-state index in [0.29, 0.717) is 31.1 Å². The van der Waals surface area contributed by atoms with Gasteiger partial charge in [-0.2, -0.15) is 0 Å². The summed E-state index contributed by atoms with van der Waals surface area (Å²) in [7, 11) is 1.63. The van der Waals surface area contributed by atoms with Gasteiger partial charge in [0.05, 0.1) is 24.7 Å². The number of hydrogen-bond acceptors (Lipinski definition) is 5. The van der Waals surface area contributed by atoms with Crippen LogP contribution in [-0.4, -0.2) is 47.6 Å². The highest BCUT2D eigenvalue weighted by atomic mass is 16.5. The van der Waals surface area contributed by atoms with E-state index >= 15 is 0 Å². The number of ether oxygens (including phenoxy) is 2. The fraction of sp³-hybridized carbons (Fsp3) is 0.292. The molecule has 6 nitrogen and oxygen atoms in total. The number of likely N-dealkylation sites (tertiary alicyclic amines) is 1. The topological polar surface area (TPSA) is 64.5 Å². The SMILES string of the molecule is COc1ncccc1-c1ccc2c(c1)C1(CCN(C(=O)c3cncc(C)c3)C1)CO2. The van der Waals surface area contributed by atoms with Gasteiger partial charge in [0.2, 0.25) is 5.88 Å². The van der Waals surface area contributed by atoms with Gasteiger partial charge in [0.15, 0.2) is 0 Å². The number of carbonyl (C=O) groups excluding carboxylic acids is 1. The third-order valence-electron chi connectivity index (χ3n) is 6.09. The van der Waals surface area contributed by atoms with Gasteiger partial charge in [-0.1, -0.05) is 6.07 Å². The van der Waals surface area contributed by atoms with E-state index in [1.165, 1.54) is 0 Å². The monoisotopic (exact) mass is 401 g/mol. The van der Waals surface area contributed by atoms with Crippen LogP contribution in [0.25, 0.3) is 11.1 Å². The Balaban J connectivity index is 1.46. The average molecular weight is 401 g/mol. The largest absolute Gasteiger partial charge is 0.492 e. The van der Waals surface area contributed by atoms with E-state index in [2.05, 4.69) is 16.0 Å². The first-order valence-electron chi connectivity index (χ1n) is 10.1. The van der Waals surface area contributed by atoms with E-state index in [9.17, 15) is 4.79 Å². The first-order valence-corrected chi connectivity index (χ1v) is 10.1. The molecule has 2 aliphatic heterocycles. The number of aryl methyl sites for hydroxylation is 1. The molecule has 1 atom stereocenters. The van der Waals surface area contributed by atoms with Gasteiger partial charge >= 0.3 is 0 Å². The quantitative estimate of drug-likeness (QED) is 0.671. The molecule has 30 heavy (non-hydrogen) atoms. The van der Waals surface area contributed by atoms with Crippen LogP contribution < -0.4 is 9.47 Å². The fourth-order valence-electron chi connectivity index (χ4n) is 4.54. The Morgan fingerprint density at radius 3 is 2.97 bits per heavy atom. The molecule has 0 saturated carbocycles. The molecule has 1 fully saturated rings. The van der Waals surface area contributed by atoms with E-state index in [1.54, 1.807) is 25.7 Å². The lowest BCUT2D eigenvalue weighted by Gasteiger charge is -2.23. The van der Waals surface area contributed by atoms with Crippen LogP contribution >= 0.6 is 0 Å². The van der Waals surface area contributed by atoms with Crippen LogP contribution in [0.15, 0.2) is 55.0 Å². The van der Waals surface area contributed by atoms with Crippen molar-refractivity contribution >= 4 is 5.91 Å². The van der Waals surface area contributed by atoms with Crippen molar-refractivity contribution in [2.45, 2.75) is 18.8 Å². The predicted molar refractivity (Wildman–Crippen MR) is 113 cm³/mol. The molecule has 1 saturated heterocycles. The maximum atomic E-state index is 13.0. The minimum absolute atomic E-state index is 0.0293. The van der Waals surface area contributed by atoms with Crippen molar-refractivity contribution in [2.75, 3.05) is 26.8 Å². The first-order chi connectivity index (χ1) is 14.6. The number of rotatable bonds is 3. The zero-order chi connectivity index (χ0) is 20.7. The Bertz CT molecular complexity index is 1130. The summed E-state index contributed by atoms with van der Waals surface area (Å²) >= 11 is 0. The highest BCUT2D eigenvalue weighted by molar-refractivity contribution is 5.94. The Labute approximate surface area is 175 Å². The van der Waals surface area contributed by atoms with Crippen molar-refractivity contribution in [3.05, 3.63) is 71.7 Å². The number of amides is 1. The van der Waals surface area contributed by atoms with Gasteiger partial charge in [-0.3, -0.25) is 9.78 Å². The summed E-state index contributed by atoms with van der Waals surface area (Å²) in [6.45, 7) is 3.88. The minimum atomic E-state index is -0.187. The average Bonchev–Trinajstić information content (AvgIpc) is 3.38. The molecule has 1 spiro atoms. The van der Waals surface area contributed by atoms with Crippen molar-refractivity contribution in [1.82, 2.24) is 14.9 Å². The van der Waals surface area contributed by atoms with Crippen LogP contribution in [0.1, 0.15) is 27.9 Å². The summed E-state index contributed by atoms with van der Waals surface area (Å²) in [5.74, 6) is 1.52. The minimum Gasteiger partial charge on any atom is -0.492 e. The van der Waals surface area contributed by atoms with Gasteiger partial charge in [0.25, 0.3) is 5.91 Å². The molecule has 4 heterocycles. The van der Waals surface area contributed by atoms with E-state index in [1.807, 2.05) is 42.2 Å². The highest BCUT2D eigenvalue weighted by Gasteiger charge is 2.47. The van der Waals surface area contributed by atoms with Crippen molar-refractivity contribution in [1.29, 1.82) is 0 Å². The molecule has 6 heteroatoms. The van der Waals surface area contributed by atoms with Crippen molar-refractivity contribution in [3.63, 3.8) is 0 Å². The molecular weight excluding hydrogens is 378 g/mol. The lowest BCUT2D eigenvalue weighted by Crippen LogP contribution is -2.35. The van der Waals surface area contributed by atoms with E-state index in [-0.39, 0.29) is 11.3 Å². The molecule has 1 aromatic carbocycles. The number of carbonyl (C=O) groups is 1. The van der Waals surface area contributed by atoms with Crippen molar-refractivity contribution in [2.24, 2.45) is 0 Å². The summed E-state index contributed by atoms with van der Waals surface area (Å²) in [4.78, 5) is 23.5. The molecule has 3 aromatic rings. The van der Waals surface area contributed by atoms with Crippen molar-refractivity contribution < 1.29 is 14.3 Å². The molecule has 0 N–H and O–H groups in total. The van der Waals surface area contributed by atoms with E-state index < -0.39 is 0 Å². The number of hydrogen-bond donors (Lipinski definition) is 0. The van der Waals surface area contributed by atoms with E-state index in [0.717, 1.165) is 34.4 Å². The second-order valence-corrected chi connectivity index (χ2v) is 8.07. The summed E-state index contributed by atoms with van der Waals surface area (Å²) in [6, 6.07) is 12.0. The molecule has 2 aromatic heterocycles. The first kappa shape index (κ1) is 18.6. The summed E-state index contributed by atoms with van der Waals surface area (Å²) in [6.07, 6.45) is 6.00. The van der Waals surface area contributed by atoms with Crippen LogP contribution in [0.4, 0.5) is 0 Å². The van der Waals surface area contributed by atoms with E-state index in [4.69, 9.17) is 9.47 Å². The Morgan fingerprint density at radius 1 is 1.23 bits per heavy atom. The van der Waals surface area contributed by atoms with Crippen LogP contribution in [0.5, 0.6) is 11.6 Å². The molecule has 152 valence electrons. The maximum Gasteiger partial charge on any atom is 0.255 e. The Kier molecular flexibility index (Phi) is 4.42. The smallest absolute Gasteiger partial charge is 0.255 e. The number of benzene rings is 1. The molecule has 2 aliphatic rings. The van der Waals surface area contributed by atoms with Crippen LogP contribution in [0.3, 0.4) is 0 Å². The number of pyridine rings is 2. The number of nitrogens with zero attached hydrogens (tertiary/aromatic N) is 3. The van der Waals surface area contributed by atoms with Crippen molar-refractivity contribution in [3.8, 4) is 22.8 Å². The van der Waals surface area contributed by atoms with Gasteiger partial charge < -0.3 is 14.4 Å². The number of fused-ring (bicyclic) bond motifs is 2. The zero-order valence-corrected chi connectivity index (χ0v) is 17.1. The highest BCUT2D eigenvalue weighted by Crippen LogP contribution is 2.47. The molecule has 5 rings (SSSR count). The van der Waals surface area contributed by atoms with Crippen LogP contribution in [-0.2, 0) is 5.41 Å². The van der Waals surface area contributed by atoms with Crippen LogP contribution in [0, 0.1) is 6.92 Å². The zero-order valence-electron chi connectivity index (χ0n) is 17.1. The molecule has 0 aliphatic carbocycles. The number of methoxy groups -OCH3 is 1. The van der Waals surface area contributed by atoms with Gasteiger partial charge in [0.1, 0.15) is 5.75 Å². The second kappa shape index (κ2) is 7.13. The Morgan fingerprint density at radius 2 is 2.13 bits per heavy atom. The van der Waals surface area contributed by atoms with Gasteiger partial charge in [-0.05, 0) is 54.8 Å². The molecule has 1 amide bonds. The summed E-state index contributed by atoms with van der Waals surface area (Å²) in [5, 5.41) is 0. The molecule has 1 unspecified atom stereocenters. The molecule has 0 radical (unpaired) electrons. The fourth-order valence-corrected chi connectivity index (χ4v) is 4.54. The normalized spacial score (nSPS) is 19.6. The summed E-state index contributed by atoms with van der Waals surface area (Å²) in [5.41, 5.74) is 4.58. The van der Waals surface area contributed by atoms with Gasteiger partial charge in [0, 0.05) is 42.8 Å². The Hall–Kier alpha value is -3.41. The lowest BCUT2D eigenvalue weighted by atomic mass is 9.80.